The monoisotopic (exact) mass is 333 g/mol. The quantitative estimate of drug-likeness (QED) is 0.773. The Hall–Kier alpha value is -1.66. The van der Waals surface area contributed by atoms with E-state index in [0.717, 1.165) is 25.7 Å². The minimum Gasteiger partial charge on any atom is -0.388 e. The van der Waals surface area contributed by atoms with Gasteiger partial charge < -0.3 is 20.4 Å². The lowest BCUT2D eigenvalue weighted by molar-refractivity contribution is -0.0173. The zero-order valence-electron chi connectivity index (χ0n) is 14.1. The largest absolute Gasteiger partial charge is 0.388 e. The van der Waals surface area contributed by atoms with E-state index < -0.39 is 11.2 Å². The Morgan fingerprint density at radius 1 is 1.08 bits per heavy atom. The van der Waals surface area contributed by atoms with Crippen LogP contribution in [0.3, 0.4) is 0 Å². The number of hydrogen-bond acceptors (Lipinski definition) is 4. The predicted molar refractivity (Wildman–Crippen MR) is 91.7 cm³/mol. The van der Waals surface area contributed by atoms with Gasteiger partial charge in [-0.1, -0.05) is 25.7 Å². The van der Waals surface area contributed by atoms with Crippen molar-refractivity contribution in [2.75, 3.05) is 18.4 Å². The number of nitrogens with one attached hydrogen (secondary N) is 1. The maximum Gasteiger partial charge on any atom is 0.322 e. The Morgan fingerprint density at radius 2 is 1.62 bits per heavy atom. The van der Waals surface area contributed by atoms with Crippen LogP contribution in [-0.4, -0.2) is 50.4 Å². The Bertz CT molecular complexity index is 528. The third-order valence-corrected chi connectivity index (χ3v) is 5.24. The topological polar surface area (TPSA) is 85.7 Å². The van der Waals surface area contributed by atoms with E-state index in [1.165, 1.54) is 0 Å². The number of hydrogen-bond donors (Lipinski definition) is 3. The number of urea groups is 1. The molecule has 1 aromatic rings. The zero-order valence-corrected chi connectivity index (χ0v) is 14.1. The number of anilines is 1. The number of pyridine rings is 1. The fourth-order valence-electron chi connectivity index (χ4n) is 3.93. The molecule has 1 aromatic heterocycles. The Morgan fingerprint density at radius 3 is 2.08 bits per heavy atom. The van der Waals surface area contributed by atoms with Crippen molar-refractivity contribution in [1.82, 2.24) is 9.88 Å². The minimum atomic E-state index is -0.832. The van der Waals surface area contributed by atoms with E-state index in [4.69, 9.17) is 0 Å². The molecule has 2 aliphatic rings. The molecule has 2 aliphatic carbocycles. The Balaban J connectivity index is 1.71. The molecule has 6 heteroatoms. The molecule has 0 aromatic carbocycles. The van der Waals surface area contributed by atoms with Gasteiger partial charge >= 0.3 is 6.03 Å². The highest BCUT2D eigenvalue weighted by Crippen LogP contribution is 2.34. The summed E-state index contributed by atoms with van der Waals surface area (Å²) in [6, 6.07) is 3.25. The number of carbonyl (C=O) groups is 1. The lowest BCUT2D eigenvalue weighted by Gasteiger charge is -2.36. The average molecular weight is 333 g/mol. The Kier molecular flexibility index (Phi) is 5.06. The molecule has 3 rings (SSSR count). The van der Waals surface area contributed by atoms with Crippen LogP contribution in [0.5, 0.6) is 0 Å². The molecule has 132 valence electrons. The summed E-state index contributed by atoms with van der Waals surface area (Å²) in [6.45, 7) is 0.531. The van der Waals surface area contributed by atoms with E-state index >= 15 is 0 Å². The van der Waals surface area contributed by atoms with Gasteiger partial charge in [0.1, 0.15) is 0 Å². The lowest BCUT2D eigenvalue weighted by atomic mass is 9.98. The molecule has 2 amide bonds. The van der Waals surface area contributed by atoms with Crippen molar-refractivity contribution in [3.8, 4) is 0 Å². The van der Waals surface area contributed by atoms with Crippen molar-refractivity contribution in [3.05, 3.63) is 24.5 Å². The smallest absolute Gasteiger partial charge is 0.322 e. The van der Waals surface area contributed by atoms with E-state index in [9.17, 15) is 15.0 Å². The van der Waals surface area contributed by atoms with Gasteiger partial charge in [0.2, 0.25) is 0 Å². The third kappa shape index (κ3) is 4.24. The van der Waals surface area contributed by atoms with Crippen molar-refractivity contribution in [1.29, 1.82) is 0 Å². The number of aliphatic hydroxyl groups is 2. The molecule has 1 heterocycles. The van der Waals surface area contributed by atoms with E-state index in [-0.39, 0.29) is 19.1 Å². The van der Waals surface area contributed by atoms with Crippen LogP contribution in [-0.2, 0) is 0 Å². The molecule has 2 saturated carbocycles. The highest BCUT2D eigenvalue weighted by molar-refractivity contribution is 5.89. The van der Waals surface area contributed by atoms with Crippen molar-refractivity contribution in [3.63, 3.8) is 0 Å². The van der Waals surface area contributed by atoms with Gasteiger partial charge in [0.05, 0.1) is 36.2 Å². The van der Waals surface area contributed by atoms with E-state index in [1.54, 1.807) is 29.4 Å². The maximum absolute atomic E-state index is 12.7. The van der Waals surface area contributed by atoms with Crippen LogP contribution in [0, 0.1) is 0 Å². The van der Waals surface area contributed by atoms with Crippen LogP contribution < -0.4 is 5.32 Å². The maximum atomic E-state index is 12.7. The second-order valence-electron chi connectivity index (χ2n) is 7.39. The summed E-state index contributed by atoms with van der Waals surface area (Å²) >= 11 is 0. The van der Waals surface area contributed by atoms with Crippen LogP contribution in [0.25, 0.3) is 0 Å². The first-order chi connectivity index (χ1) is 11.5. The van der Waals surface area contributed by atoms with Crippen molar-refractivity contribution in [2.45, 2.75) is 62.6 Å². The number of carbonyl (C=O) groups excluding carboxylic acids is 1. The molecule has 3 N–H and O–H groups in total. The Labute approximate surface area is 142 Å². The summed E-state index contributed by atoms with van der Waals surface area (Å²) in [4.78, 5) is 18.3. The summed E-state index contributed by atoms with van der Waals surface area (Å²) in [5.41, 5.74) is -1.05. The van der Waals surface area contributed by atoms with E-state index in [2.05, 4.69) is 10.3 Å². The molecule has 0 spiro atoms. The summed E-state index contributed by atoms with van der Waals surface area (Å²) in [7, 11) is 0. The SMILES string of the molecule is O=C(Nc1cccnc1)N(CC1(O)CCCC1)CC1(O)CCCC1. The molecular weight excluding hydrogens is 306 g/mol. The van der Waals surface area contributed by atoms with Crippen LogP contribution in [0.2, 0.25) is 0 Å². The van der Waals surface area contributed by atoms with E-state index in [0.29, 0.717) is 31.4 Å². The third-order valence-electron chi connectivity index (χ3n) is 5.24. The standard InChI is InChI=1S/C18H27N3O3/c22-16(20-15-6-5-11-19-12-15)21(13-17(23)7-1-2-8-17)14-18(24)9-3-4-10-18/h5-6,11-12,23-24H,1-4,7-10,13-14H2,(H,20,22). The number of amides is 2. The van der Waals surface area contributed by atoms with Crippen LogP contribution in [0.1, 0.15) is 51.4 Å². The average Bonchev–Trinajstić information content (AvgIpc) is 3.17. The minimum absolute atomic E-state index is 0.265. The van der Waals surface area contributed by atoms with Gasteiger partial charge in [-0.15, -0.1) is 0 Å². The summed E-state index contributed by atoms with van der Waals surface area (Å²) in [5.74, 6) is 0. The van der Waals surface area contributed by atoms with Gasteiger partial charge in [-0.25, -0.2) is 4.79 Å². The molecule has 0 aliphatic heterocycles. The van der Waals surface area contributed by atoms with Gasteiger partial charge in [-0.05, 0) is 37.8 Å². The molecule has 24 heavy (non-hydrogen) atoms. The van der Waals surface area contributed by atoms with Gasteiger partial charge in [0, 0.05) is 6.20 Å². The van der Waals surface area contributed by atoms with Gasteiger partial charge in [-0.3, -0.25) is 4.98 Å². The predicted octanol–water partition coefficient (Wildman–Crippen LogP) is 2.53. The van der Waals surface area contributed by atoms with Crippen LogP contribution in [0.4, 0.5) is 10.5 Å². The van der Waals surface area contributed by atoms with Crippen LogP contribution in [0.15, 0.2) is 24.5 Å². The summed E-state index contributed by atoms with van der Waals surface area (Å²) in [5, 5.41) is 24.3. The molecular formula is C18H27N3O3. The van der Waals surface area contributed by atoms with Crippen molar-refractivity contribution >= 4 is 11.7 Å². The first-order valence-corrected chi connectivity index (χ1v) is 8.89. The molecule has 0 saturated heterocycles. The van der Waals surface area contributed by atoms with Crippen LogP contribution >= 0.6 is 0 Å². The highest BCUT2D eigenvalue weighted by Gasteiger charge is 2.39. The second kappa shape index (κ2) is 7.07. The molecule has 0 bridgehead atoms. The first kappa shape index (κ1) is 17.2. The first-order valence-electron chi connectivity index (χ1n) is 8.89. The fraction of sp³-hybridized carbons (Fsp3) is 0.667. The molecule has 0 unspecified atom stereocenters. The van der Waals surface area contributed by atoms with E-state index in [1.807, 2.05) is 0 Å². The van der Waals surface area contributed by atoms with Gasteiger partial charge in [0.25, 0.3) is 0 Å². The zero-order chi connectivity index (χ0) is 17.0. The number of aromatic nitrogens is 1. The van der Waals surface area contributed by atoms with Crippen molar-refractivity contribution in [2.24, 2.45) is 0 Å². The summed E-state index contributed by atoms with van der Waals surface area (Å²) < 4.78 is 0. The van der Waals surface area contributed by atoms with Gasteiger partial charge in [0.15, 0.2) is 0 Å². The molecule has 0 radical (unpaired) electrons. The molecule has 2 fully saturated rings. The molecule has 6 nitrogen and oxygen atoms in total. The number of nitrogens with zero attached hydrogens (tertiary/aromatic N) is 2. The van der Waals surface area contributed by atoms with Gasteiger partial charge in [-0.2, -0.15) is 0 Å². The second-order valence-corrected chi connectivity index (χ2v) is 7.39. The fourth-order valence-corrected chi connectivity index (χ4v) is 3.93. The van der Waals surface area contributed by atoms with Crippen molar-refractivity contribution < 1.29 is 15.0 Å². The molecule has 0 atom stereocenters. The summed E-state index contributed by atoms with van der Waals surface area (Å²) in [6.07, 6.45) is 10.0. The normalized spacial score (nSPS) is 21.6. The number of rotatable bonds is 5. The highest BCUT2D eigenvalue weighted by atomic mass is 16.3. The lowest BCUT2D eigenvalue weighted by Crippen LogP contribution is -2.51.